The van der Waals surface area contributed by atoms with Crippen molar-refractivity contribution >= 4 is 22.6 Å². The molecule has 0 saturated carbocycles. The Morgan fingerprint density at radius 2 is 2.08 bits per heavy atom. The van der Waals surface area contributed by atoms with Crippen LogP contribution in [-0.2, 0) is 6.42 Å². The quantitative estimate of drug-likeness (QED) is 0.813. The Morgan fingerprint density at radius 3 is 2.72 bits per heavy atom. The molecule has 1 aliphatic heterocycles. The van der Waals surface area contributed by atoms with Crippen LogP contribution in [0.2, 0.25) is 0 Å². The molecule has 0 aliphatic carbocycles. The van der Waals surface area contributed by atoms with E-state index in [0.717, 1.165) is 30.5 Å². The highest BCUT2D eigenvalue weighted by molar-refractivity contribution is 7.09. The summed E-state index contributed by atoms with van der Waals surface area (Å²) in [5.41, 5.74) is 0.383. The van der Waals surface area contributed by atoms with Gasteiger partial charge in [-0.2, -0.15) is 4.37 Å². The average molecular weight is 361 g/mol. The van der Waals surface area contributed by atoms with Crippen molar-refractivity contribution in [3.63, 3.8) is 0 Å². The number of ether oxygens (including phenoxy) is 1. The van der Waals surface area contributed by atoms with E-state index in [2.05, 4.69) is 19.2 Å². The molecule has 1 aliphatic rings. The number of pyridine rings is 1. The lowest BCUT2D eigenvalue weighted by Crippen LogP contribution is -2.49. The van der Waals surface area contributed by atoms with Crippen LogP contribution in [0.25, 0.3) is 0 Å². The number of carbonyl (C=O) groups excluding carboxylic acids is 1. The van der Waals surface area contributed by atoms with Crippen molar-refractivity contribution in [1.29, 1.82) is 0 Å². The van der Waals surface area contributed by atoms with Crippen LogP contribution in [0.1, 0.15) is 37.1 Å². The molecular formula is C17H23N5O2S. The molecule has 134 valence electrons. The SMILES string of the molecule is CCc1nsc(N2CCN(C(=O)c3ncccc3OC(C)C)CC2)n1. The molecule has 0 aromatic carbocycles. The molecule has 25 heavy (non-hydrogen) atoms. The summed E-state index contributed by atoms with van der Waals surface area (Å²) in [6, 6.07) is 3.58. The number of carbonyl (C=O) groups is 1. The molecule has 8 heteroatoms. The van der Waals surface area contributed by atoms with Crippen molar-refractivity contribution in [3.8, 4) is 5.75 Å². The number of amides is 1. The maximum absolute atomic E-state index is 12.8. The van der Waals surface area contributed by atoms with Gasteiger partial charge in [0.1, 0.15) is 5.82 Å². The summed E-state index contributed by atoms with van der Waals surface area (Å²) in [4.78, 5) is 25.6. The Morgan fingerprint density at radius 1 is 1.32 bits per heavy atom. The number of nitrogens with zero attached hydrogens (tertiary/aromatic N) is 5. The number of aryl methyl sites for hydroxylation is 1. The fraction of sp³-hybridized carbons (Fsp3) is 0.529. The number of hydrogen-bond donors (Lipinski definition) is 0. The Kier molecular flexibility index (Phi) is 5.47. The van der Waals surface area contributed by atoms with E-state index in [4.69, 9.17) is 4.74 Å². The summed E-state index contributed by atoms with van der Waals surface area (Å²) in [5, 5.41) is 0.936. The number of aromatic nitrogens is 3. The van der Waals surface area contributed by atoms with Gasteiger partial charge in [0.2, 0.25) is 5.13 Å². The van der Waals surface area contributed by atoms with Crippen LogP contribution in [0.4, 0.5) is 5.13 Å². The van der Waals surface area contributed by atoms with E-state index in [1.807, 2.05) is 25.7 Å². The van der Waals surface area contributed by atoms with Gasteiger partial charge in [0.05, 0.1) is 6.10 Å². The molecule has 0 unspecified atom stereocenters. The first kappa shape index (κ1) is 17.6. The molecule has 7 nitrogen and oxygen atoms in total. The molecule has 2 aromatic heterocycles. The van der Waals surface area contributed by atoms with Crippen LogP contribution in [0.3, 0.4) is 0 Å². The summed E-state index contributed by atoms with van der Waals surface area (Å²) in [7, 11) is 0. The minimum Gasteiger partial charge on any atom is -0.489 e. The van der Waals surface area contributed by atoms with Gasteiger partial charge < -0.3 is 14.5 Å². The van der Waals surface area contributed by atoms with Gasteiger partial charge >= 0.3 is 0 Å². The van der Waals surface area contributed by atoms with Crippen LogP contribution in [0.5, 0.6) is 5.75 Å². The van der Waals surface area contributed by atoms with Crippen LogP contribution < -0.4 is 9.64 Å². The van der Waals surface area contributed by atoms with Gasteiger partial charge in [-0.15, -0.1) is 0 Å². The first-order valence-electron chi connectivity index (χ1n) is 8.57. The summed E-state index contributed by atoms with van der Waals surface area (Å²) >= 11 is 1.42. The zero-order valence-corrected chi connectivity index (χ0v) is 15.6. The molecule has 1 amide bonds. The highest BCUT2D eigenvalue weighted by atomic mass is 32.1. The molecule has 1 fully saturated rings. The van der Waals surface area contributed by atoms with E-state index in [1.54, 1.807) is 18.3 Å². The summed E-state index contributed by atoms with van der Waals surface area (Å²) in [6.45, 7) is 8.69. The van der Waals surface area contributed by atoms with Gasteiger partial charge in [-0.1, -0.05) is 6.92 Å². The molecule has 1 saturated heterocycles. The Bertz CT molecular complexity index is 725. The highest BCUT2D eigenvalue weighted by Gasteiger charge is 2.26. The third-order valence-corrected chi connectivity index (χ3v) is 4.76. The van der Waals surface area contributed by atoms with Gasteiger partial charge in [-0.05, 0) is 26.0 Å². The standard InChI is InChI=1S/C17H23N5O2S/c1-4-14-19-17(25-20-14)22-10-8-21(9-11-22)16(23)15-13(24-12(2)3)6-5-7-18-15/h5-7,12H,4,8-11H2,1-3H3. The summed E-state index contributed by atoms with van der Waals surface area (Å²) in [6.07, 6.45) is 2.47. The average Bonchev–Trinajstić information content (AvgIpc) is 3.10. The van der Waals surface area contributed by atoms with E-state index in [0.29, 0.717) is 24.5 Å². The zero-order valence-electron chi connectivity index (χ0n) is 14.8. The minimum atomic E-state index is -0.0811. The van der Waals surface area contributed by atoms with E-state index in [-0.39, 0.29) is 12.0 Å². The van der Waals surface area contributed by atoms with Crippen molar-refractivity contribution in [2.45, 2.75) is 33.3 Å². The second-order valence-electron chi connectivity index (χ2n) is 6.14. The first-order chi connectivity index (χ1) is 12.1. The van der Waals surface area contributed by atoms with Gasteiger partial charge in [-0.3, -0.25) is 4.79 Å². The first-order valence-corrected chi connectivity index (χ1v) is 9.34. The minimum absolute atomic E-state index is 0.00207. The van der Waals surface area contributed by atoms with Crippen molar-refractivity contribution in [3.05, 3.63) is 29.8 Å². The third kappa shape index (κ3) is 4.07. The Hall–Kier alpha value is -2.22. The van der Waals surface area contributed by atoms with Gasteiger partial charge in [0.25, 0.3) is 5.91 Å². The maximum Gasteiger partial charge on any atom is 0.276 e. The smallest absolute Gasteiger partial charge is 0.276 e. The molecule has 3 rings (SSSR count). The molecule has 0 atom stereocenters. The summed E-state index contributed by atoms with van der Waals surface area (Å²) in [5.74, 6) is 1.34. The van der Waals surface area contributed by atoms with Crippen LogP contribution in [0, 0.1) is 0 Å². The normalized spacial score (nSPS) is 14.9. The lowest BCUT2D eigenvalue weighted by atomic mass is 10.2. The van der Waals surface area contributed by atoms with Gasteiger partial charge in [0.15, 0.2) is 11.4 Å². The molecule has 0 N–H and O–H groups in total. The predicted molar refractivity (Wildman–Crippen MR) is 97.4 cm³/mol. The molecule has 2 aromatic rings. The predicted octanol–water partition coefficient (Wildman–Crippen LogP) is 2.25. The van der Waals surface area contributed by atoms with E-state index in [9.17, 15) is 4.79 Å². The lowest BCUT2D eigenvalue weighted by Gasteiger charge is -2.34. The highest BCUT2D eigenvalue weighted by Crippen LogP contribution is 2.22. The van der Waals surface area contributed by atoms with E-state index >= 15 is 0 Å². The molecule has 0 spiro atoms. The van der Waals surface area contributed by atoms with Crippen molar-refractivity contribution in [2.24, 2.45) is 0 Å². The molecular weight excluding hydrogens is 338 g/mol. The fourth-order valence-corrected chi connectivity index (χ4v) is 3.47. The van der Waals surface area contributed by atoms with E-state index < -0.39 is 0 Å². The maximum atomic E-state index is 12.8. The van der Waals surface area contributed by atoms with Crippen molar-refractivity contribution in [1.82, 2.24) is 19.2 Å². The topological polar surface area (TPSA) is 71.5 Å². The molecule has 0 radical (unpaired) electrons. The fourth-order valence-electron chi connectivity index (χ4n) is 2.67. The van der Waals surface area contributed by atoms with Crippen molar-refractivity contribution in [2.75, 3.05) is 31.1 Å². The number of piperazine rings is 1. The molecule has 0 bridgehead atoms. The summed E-state index contributed by atoms with van der Waals surface area (Å²) < 4.78 is 10.1. The second kappa shape index (κ2) is 7.77. The Balaban J connectivity index is 1.66. The van der Waals surface area contributed by atoms with Crippen LogP contribution in [0.15, 0.2) is 18.3 Å². The van der Waals surface area contributed by atoms with Gasteiger partial charge in [0, 0.05) is 50.3 Å². The van der Waals surface area contributed by atoms with Crippen molar-refractivity contribution < 1.29 is 9.53 Å². The molecule has 3 heterocycles. The lowest BCUT2D eigenvalue weighted by molar-refractivity contribution is 0.0734. The van der Waals surface area contributed by atoms with Gasteiger partial charge in [-0.25, -0.2) is 9.97 Å². The van der Waals surface area contributed by atoms with Crippen LogP contribution in [-0.4, -0.2) is 57.4 Å². The zero-order chi connectivity index (χ0) is 17.8. The van der Waals surface area contributed by atoms with Crippen LogP contribution >= 0.6 is 11.5 Å². The van der Waals surface area contributed by atoms with E-state index in [1.165, 1.54) is 11.5 Å². The third-order valence-electron chi connectivity index (χ3n) is 3.95. The Labute approximate surface area is 151 Å². The number of hydrogen-bond acceptors (Lipinski definition) is 7. The largest absolute Gasteiger partial charge is 0.489 e. The number of rotatable bonds is 5. The number of anilines is 1. The monoisotopic (exact) mass is 361 g/mol. The second-order valence-corrected chi connectivity index (χ2v) is 6.87.